The van der Waals surface area contributed by atoms with E-state index in [4.69, 9.17) is 0 Å². The average molecular weight is 292 g/mol. The van der Waals surface area contributed by atoms with E-state index in [0.29, 0.717) is 5.69 Å². The lowest BCUT2D eigenvalue weighted by Crippen LogP contribution is -2.37. The average Bonchev–Trinajstić information content (AvgIpc) is 2.71. The normalized spacial score (nSPS) is 19.1. The van der Waals surface area contributed by atoms with E-state index in [1.54, 1.807) is 6.07 Å². The minimum absolute atomic E-state index is 0.0183. The van der Waals surface area contributed by atoms with E-state index < -0.39 is 4.92 Å². The predicted octanol–water partition coefficient (Wildman–Crippen LogP) is 2.54. The number of nitro benzene ring substituents is 1. The molecule has 1 unspecified atom stereocenters. The van der Waals surface area contributed by atoms with Gasteiger partial charge in [0, 0.05) is 18.3 Å². The summed E-state index contributed by atoms with van der Waals surface area (Å²) in [5.74, 6) is -0.317. The van der Waals surface area contributed by atoms with Crippen molar-refractivity contribution in [2.75, 3.05) is 18.1 Å². The van der Waals surface area contributed by atoms with E-state index in [1.165, 1.54) is 19.1 Å². The van der Waals surface area contributed by atoms with Crippen LogP contribution in [-0.2, 0) is 0 Å². The second kappa shape index (κ2) is 6.67. The second-order valence-electron chi connectivity index (χ2n) is 5.39. The number of ketones is 1. The molecule has 1 aliphatic heterocycles. The third-order valence-electron chi connectivity index (χ3n) is 3.98. The van der Waals surface area contributed by atoms with E-state index in [-0.39, 0.29) is 29.7 Å². The van der Waals surface area contributed by atoms with Crippen LogP contribution in [0.15, 0.2) is 18.2 Å². The summed E-state index contributed by atoms with van der Waals surface area (Å²) in [6.45, 7) is 2.12. The summed E-state index contributed by atoms with van der Waals surface area (Å²) >= 11 is 0. The first-order valence-electron chi connectivity index (χ1n) is 7.21. The third-order valence-corrected chi connectivity index (χ3v) is 3.98. The number of aliphatic hydroxyl groups excluding tert-OH is 1. The Bertz CT molecular complexity index is 544. The van der Waals surface area contributed by atoms with Crippen LogP contribution in [0.25, 0.3) is 0 Å². The van der Waals surface area contributed by atoms with Gasteiger partial charge in [-0.2, -0.15) is 0 Å². The fourth-order valence-electron chi connectivity index (χ4n) is 2.85. The van der Waals surface area contributed by atoms with Crippen LogP contribution in [0, 0.1) is 10.1 Å². The zero-order chi connectivity index (χ0) is 15.4. The molecule has 0 aromatic heterocycles. The predicted molar refractivity (Wildman–Crippen MR) is 79.8 cm³/mol. The topological polar surface area (TPSA) is 83.7 Å². The van der Waals surface area contributed by atoms with Crippen LogP contribution in [-0.4, -0.2) is 35.0 Å². The number of nitro groups is 1. The Kier molecular flexibility index (Phi) is 4.90. The number of hydrogen-bond donors (Lipinski definition) is 1. The Balaban J connectivity index is 2.40. The second-order valence-corrected chi connectivity index (χ2v) is 5.39. The molecule has 1 heterocycles. The van der Waals surface area contributed by atoms with Crippen LogP contribution < -0.4 is 4.90 Å². The lowest BCUT2D eigenvalue weighted by molar-refractivity contribution is -0.385. The standard InChI is InChI=1S/C15H20N2O4/c1-11(19)14-7-6-12(9-15(14)17(20)21)16-8-4-2-3-5-13(16)10-18/h6-7,9,13,18H,2-5,8,10H2,1H3. The molecule has 1 aromatic rings. The van der Waals surface area contributed by atoms with Crippen molar-refractivity contribution in [3.8, 4) is 0 Å². The highest BCUT2D eigenvalue weighted by Gasteiger charge is 2.24. The first-order chi connectivity index (χ1) is 10.0. The minimum Gasteiger partial charge on any atom is -0.394 e. The van der Waals surface area contributed by atoms with Gasteiger partial charge < -0.3 is 10.0 Å². The molecule has 0 amide bonds. The third kappa shape index (κ3) is 3.39. The molecule has 0 aliphatic carbocycles. The van der Waals surface area contributed by atoms with Crippen molar-refractivity contribution in [2.45, 2.75) is 38.6 Å². The van der Waals surface area contributed by atoms with E-state index in [1.807, 2.05) is 4.90 Å². The van der Waals surface area contributed by atoms with Crippen molar-refractivity contribution in [1.82, 2.24) is 0 Å². The molecule has 2 rings (SSSR count). The molecule has 114 valence electrons. The molecule has 6 heteroatoms. The molecular weight excluding hydrogens is 272 g/mol. The summed E-state index contributed by atoms with van der Waals surface area (Å²) < 4.78 is 0. The quantitative estimate of drug-likeness (QED) is 0.524. The number of nitrogens with zero attached hydrogens (tertiary/aromatic N) is 2. The zero-order valence-electron chi connectivity index (χ0n) is 12.1. The molecule has 1 saturated heterocycles. The smallest absolute Gasteiger partial charge is 0.282 e. The molecule has 0 spiro atoms. The van der Waals surface area contributed by atoms with Gasteiger partial charge in [-0.1, -0.05) is 12.8 Å². The maximum atomic E-state index is 11.5. The Morgan fingerprint density at radius 3 is 2.81 bits per heavy atom. The van der Waals surface area contributed by atoms with Crippen LogP contribution in [0.1, 0.15) is 43.0 Å². The van der Waals surface area contributed by atoms with E-state index in [2.05, 4.69) is 0 Å². The van der Waals surface area contributed by atoms with Gasteiger partial charge in [0.2, 0.25) is 0 Å². The first-order valence-corrected chi connectivity index (χ1v) is 7.21. The van der Waals surface area contributed by atoms with Gasteiger partial charge in [0.1, 0.15) is 0 Å². The van der Waals surface area contributed by atoms with Gasteiger partial charge in [0.25, 0.3) is 5.69 Å². The van der Waals surface area contributed by atoms with Crippen molar-refractivity contribution in [3.63, 3.8) is 0 Å². The number of anilines is 1. The molecule has 1 atom stereocenters. The lowest BCUT2D eigenvalue weighted by Gasteiger charge is -2.30. The van der Waals surface area contributed by atoms with Crippen molar-refractivity contribution < 1.29 is 14.8 Å². The van der Waals surface area contributed by atoms with Crippen molar-refractivity contribution >= 4 is 17.2 Å². The summed E-state index contributed by atoms with van der Waals surface area (Å²) in [7, 11) is 0. The van der Waals surface area contributed by atoms with Crippen molar-refractivity contribution in [1.29, 1.82) is 0 Å². The van der Waals surface area contributed by atoms with Gasteiger partial charge in [-0.3, -0.25) is 14.9 Å². The molecule has 6 nitrogen and oxygen atoms in total. The number of Topliss-reactive ketones (excluding diaryl/α,β-unsaturated/α-hetero) is 1. The molecule has 1 fully saturated rings. The Morgan fingerprint density at radius 1 is 1.43 bits per heavy atom. The van der Waals surface area contributed by atoms with Gasteiger partial charge in [-0.25, -0.2) is 0 Å². The molecule has 0 bridgehead atoms. The number of carbonyl (C=O) groups excluding carboxylic acids is 1. The number of rotatable bonds is 4. The number of aliphatic hydroxyl groups is 1. The highest BCUT2D eigenvalue weighted by atomic mass is 16.6. The van der Waals surface area contributed by atoms with E-state index in [0.717, 1.165) is 32.2 Å². The molecule has 1 aliphatic rings. The molecule has 0 radical (unpaired) electrons. The maximum absolute atomic E-state index is 11.5. The summed E-state index contributed by atoms with van der Waals surface area (Å²) in [6.07, 6.45) is 4.02. The van der Waals surface area contributed by atoms with Crippen LogP contribution in [0.3, 0.4) is 0 Å². The fourth-order valence-corrected chi connectivity index (χ4v) is 2.85. The molecule has 1 aromatic carbocycles. The largest absolute Gasteiger partial charge is 0.394 e. The Labute approximate surface area is 123 Å². The van der Waals surface area contributed by atoms with E-state index in [9.17, 15) is 20.0 Å². The van der Waals surface area contributed by atoms with Gasteiger partial charge in [0.05, 0.1) is 23.1 Å². The van der Waals surface area contributed by atoms with Crippen molar-refractivity contribution in [3.05, 3.63) is 33.9 Å². The zero-order valence-corrected chi connectivity index (χ0v) is 12.1. The van der Waals surface area contributed by atoms with Crippen LogP contribution in [0.4, 0.5) is 11.4 Å². The Hall–Kier alpha value is -1.95. The molecule has 0 saturated carbocycles. The molecule has 1 N–H and O–H groups in total. The summed E-state index contributed by atoms with van der Waals surface area (Å²) in [6, 6.07) is 4.67. The first kappa shape index (κ1) is 15.4. The van der Waals surface area contributed by atoms with Crippen LogP contribution in [0.2, 0.25) is 0 Å². The van der Waals surface area contributed by atoms with E-state index >= 15 is 0 Å². The summed E-state index contributed by atoms with van der Waals surface area (Å²) in [5, 5.41) is 20.7. The van der Waals surface area contributed by atoms with Crippen LogP contribution >= 0.6 is 0 Å². The minimum atomic E-state index is -0.522. The molecular formula is C15H20N2O4. The maximum Gasteiger partial charge on any atom is 0.282 e. The highest BCUT2D eigenvalue weighted by Crippen LogP contribution is 2.29. The highest BCUT2D eigenvalue weighted by molar-refractivity contribution is 5.98. The van der Waals surface area contributed by atoms with Gasteiger partial charge in [-0.05, 0) is 31.9 Å². The van der Waals surface area contributed by atoms with Gasteiger partial charge in [-0.15, -0.1) is 0 Å². The fraction of sp³-hybridized carbons (Fsp3) is 0.533. The molecule has 21 heavy (non-hydrogen) atoms. The summed E-state index contributed by atoms with van der Waals surface area (Å²) in [4.78, 5) is 24.1. The number of hydrogen-bond acceptors (Lipinski definition) is 5. The Morgan fingerprint density at radius 2 is 2.19 bits per heavy atom. The number of benzene rings is 1. The summed E-state index contributed by atoms with van der Waals surface area (Å²) in [5.41, 5.74) is 0.660. The lowest BCUT2D eigenvalue weighted by atomic mass is 10.1. The SMILES string of the molecule is CC(=O)c1ccc(N2CCCCCC2CO)cc1[N+](=O)[O-]. The van der Waals surface area contributed by atoms with Crippen molar-refractivity contribution in [2.24, 2.45) is 0 Å². The monoisotopic (exact) mass is 292 g/mol. The number of carbonyl (C=O) groups is 1. The van der Waals surface area contributed by atoms with Gasteiger partial charge >= 0.3 is 0 Å². The van der Waals surface area contributed by atoms with Gasteiger partial charge in [0.15, 0.2) is 5.78 Å². The van der Waals surface area contributed by atoms with Crippen LogP contribution in [0.5, 0.6) is 0 Å².